The Morgan fingerprint density at radius 2 is 1.61 bits per heavy atom. The van der Waals surface area contributed by atoms with Crippen LogP contribution in [0.15, 0.2) is 78.9 Å². The van der Waals surface area contributed by atoms with Crippen molar-refractivity contribution < 1.29 is 18.7 Å². The highest BCUT2D eigenvalue weighted by atomic mass is 19.1. The highest BCUT2D eigenvalue weighted by Crippen LogP contribution is 2.19. The Morgan fingerprint density at radius 3 is 2.27 bits per heavy atom. The van der Waals surface area contributed by atoms with Crippen LogP contribution < -0.4 is 10.1 Å². The van der Waals surface area contributed by atoms with Gasteiger partial charge < -0.3 is 15.0 Å². The Balaban J connectivity index is 1.87. The third kappa shape index (κ3) is 6.65. The summed E-state index contributed by atoms with van der Waals surface area (Å²) >= 11 is 0. The van der Waals surface area contributed by atoms with Crippen molar-refractivity contribution in [2.75, 3.05) is 7.11 Å². The number of amides is 2. The number of hydrogen-bond donors (Lipinski definition) is 1. The van der Waals surface area contributed by atoms with Crippen molar-refractivity contribution in [1.29, 1.82) is 0 Å². The van der Waals surface area contributed by atoms with Gasteiger partial charge in [0, 0.05) is 31.5 Å². The van der Waals surface area contributed by atoms with Gasteiger partial charge in [-0.2, -0.15) is 0 Å². The minimum Gasteiger partial charge on any atom is -0.496 e. The van der Waals surface area contributed by atoms with E-state index in [0.29, 0.717) is 12.2 Å². The van der Waals surface area contributed by atoms with Crippen LogP contribution in [0, 0.1) is 5.82 Å². The van der Waals surface area contributed by atoms with Crippen molar-refractivity contribution in [3.63, 3.8) is 0 Å². The van der Waals surface area contributed by atoms with E-state index in [1.54, 1.807) is 31.1 Å². The van der Waals surface area contributed by atoms with Gasteiger partial charge in [-0.25, -0.2) is 4.39 Å². The second-order valence-corrected chi connectivity index (χ2v) is 7.74. The van der Waals surface area contributed by atoms with E-state index in [0.717, 1.165) is 16.7 Å². The molecule has 0 aromatic heterocycles. The third-order valence-electron chi connectivity index (χ3n) is 5.49. The van der Waals surface area contributed by atoms with Gasteiger partial charge in [0.25, 0.3) is 0 Å². The first-order chi connectivity index (χ1) is 16.0. The Morgan fingerprint density at radius 1 is 0.939 bits per heavy atom. The van der Waals surface area contributed by atoms with Gasteiger partial charge in [0.05, 0.1) is 7.11 Å². The molecule has 3 aromatic carbocycles. The molecule has 3 aromatic rings. The number of para-hydroxylation sites is 1. The zero-order chi connectivity index (χ0) is 23.6. The highest BCUT2D eigenvalue weighted by Gasteiger charge is 2.29. The largest absolute Gasteiger partial charge is 0.496 e. The fraction of sp³-hybridized carbons (Fsp3) is 0.259. The normalized spacial score (nSPS) is 11.5. The lowest BCUT2D eigenvalue weighted by atomic mass is 10.0. The Labute approximate surface area is 194 Å². The molecule has 0 aliphatic carbocycles. The number of carbonyl (C=O) groups excluding carboxylic acids is 2. The van der Waals surface area contributed by atoms with E-state index in [-0.39, 0.29) is 37.1 Å². The molecule has 0 unspecified atom stereocenters. The fourth-order valence-corrected chi connectivity index (χ4v) is 3.69. The summed E-state index contributed by atoms with van der Waals surface area (Å²) in [5.74, 6) is -0.0610. The second-order valence-electron chi connectivity index (χ2n) is 7.74. The lowest BCUT2D eigenvalue weighted by molar-refractivity contribution is -0.141. The number of carbonyl (C=O) groups is 2. The molecule has 0 heterocycles. The van der Waals surface area contributed by atoms with Crippen LogP contribution in [0.25, 0.3) is 0 Å². The maximum atomic E-state index is 13.4. The van der Waals surface area contributed by atoms with Crippen molar-refractivity contribution >= 4 is 11.8 Å². The number of benzene rings is 3. The van der Waals surface area contributed by atoms with E-state index in [9.17, 15) is 14.0 Å². The standard InChI is InChI=1S/C27H29FN2O3/c1-3-26(31)30(19-21-13-15-23(28)16-14-21)24(17-20-9-5-4-6-10-20)27(32)29-18-22-11-7-8-12-25(22)33-2/h4-16,24H,3,17-19H2,1-2H3,(H,29,32)/t24-/m0/s1. The average molecular weight is 449 g/mol. The van der Waals surface area contributed by atoms with Gasteiger partial charge in [0.15, 0.2) is 0 Å². The van der Waals surface area contributed by atoms with Crippen molar-refractivity contribution in [1.82, 2.24) is 10.2 Å². The van der Waals surface area contributed by atoms with Crippen LogP contribution in [0.3, 0.4) is 0 Å². The number of rotatable bonds is 10. The van der Waals surface area contributed by atoms with Gasteiger partial charge in [0.1, 0.15) is 17.6 Å². The first-order valence-electron chi connectivity index (χ1n) is 11.0. The van der Waals surface area contributed by atoms with Gasteiger partial charge in [-0.15, -0.1) is 0 Å². The van der Waals surface area contributed by atoms with Crippen LogP contribution in [-0.4, -0.2) is 29.9 Å². The molecule has 1 N–H and O–H groups in total. The molecule has 3 rings (SSSR count). The summed E-state index contributed by atoms with van der Waals surface area (Å²) < 4.78 is 18.8. The van der Waals surface area contributed by atoms with Crippen molar-refractivity contribution in [3.05, 3.63) is 101 Å². The maximum absolute atomic E-state index is 13.4. The van der Waals surface area contributed by atoms with Crippen molar-refractivity contribution in [2.24, 2.45) is 0 Å². The fourth-order valence-electron chi connectivity index (χ4n) is 3.69. The first-order valence-corrected chi connectivity index (χ1v) is 11.0. The lowest BCUT2D eigenvalue weighted by Gasteiger charge is -2.31. The van der Waals surface area contributed by atoms with Crippen LogP contribution in [0.4, 0.5) is 4.39 Å². The summed E-state index contributed by atoms with van der Waals surface area (Å²) in [6.45, 7) is 2.26. The minimum atomic E-state index is -0.723. The molecule has 5 nitrogen and oxygen atoms in total. The molecule has 0 aliphatic rings. The topological polar surface area (TPSA) is 58.6 Å². The summed E-state index contributed by atoms with van der Waals surface area (Å²) in [6.07, 6.45) is 0.623. The molecular formula is C27H29FN2O3. The van der Waals surface area contributed by atoms with Crippen LogP contribution in [0.5, 0.6) is 5.75 Å². The van der Waals surface area contributed by atoms with Crippen LogP contribution in [0.2, 0.25) is 0 Å². The molecule has 1 atom stereocenters. The molecular weight excluding hydrogens is 419 g/mol. The average Bonchev–Trinajstić information content (AvgIpc) is 2.86. The lowest BCUT2D eigenvalue weighted by Crippen LogP contribution is -2.50. The summed E-state index contributed by atoms with van der Waals surface area (Å²) in [5.41, 5.74) is 2.55. The summed E-state index contributed by atoms with van der Waals surface area (Å²) in [6, 6.07) is 22.3. The molecule has 0 bridgehead atoms. The SMILES string of the molecule is CCC(=O)N(Cc1ccc(F)cc1)[C@@H](Cc1ccccc1)C(=O)NCc1ccccc1OC. The van der Waals surface area contributed by atoms with E-state index in [2.05, 4.69) is 5.32 Å². The Bertz CT molecular complexity index is 1050. The van der Waals surface area contributed by atoms with Gasteiger partial charge in [-0.3, -0.25) is 9.59 Å². The highest BCUT2D eigenvalue weighted by molar-refractivity contribution is 5.88. The minimum absolute atomic E-state index is 0.146. The van der Waals surface area contributed by atoms with E-state index in [1.807, 2.05) is 54.6 Å². The van der Waals surface area contributed by atoms with Gasteiger partial charge in [-0.1, -0.05) is 67.6 Å². The van der Waals surface area contributed by atoms with Crippen LogP contribution in [0.1, 0.15) is 30.0 Å². The molecule has 0 fully saturated rings. The van der Waals surface area contributed by atoms with Crippen LogP contribution >= 0.6 is 0 Å². The summed E-state index contributed by atoms with van der Waals surface area (Å²) in [4.78, 5) is 27.9. The molecule has 0 saturated heterocycles. The predicted molar refractivity (Wildman–Crippen MR) is 126 cm³/mol. The number of nitrogens with one attached hydrogen (secondary N) is 1. The van der Waals surface area contributed by atoms with E-state index in [4.69, 9.17) is 4.74 Å². The molecule has 0 radical (unpaired) electrons. The molecule has 0 spiro atoms. The van der Waals surface area contributed by atoms with Gasteiger partial charge >= 0.3 is 0 Å². The zero-order valence-electron chi connectivity index (χ0n) is 19.0. The summed E-state index contributed by atoms with van der Waals surface area (Å²) in [7, 11) is 1.59. The van der Waals surface area contributed by atoms with E-state index < -0.39 is 6.04 Å². The van der Waals surface area contributed by atoms with Crippen LogP contribution in [-0.2, 0) is 29.1 Å². The third-order valence-corrected chi connectivity index (χ3v) is 5.49. The molecule has 6 heteroatoms. The van der Waals surface area contributed by atoms with Gasteiger partial charge in [-0.05, 0) is 29.3 Å². The number of ether oxygens (including phenoxy) is 1. The molecule has 0 aliphatic heterocycles. The zero-order valence-corrected chi connectivity index (χ0v) is 19.0. The van der Waals surface area contributed by atoms with Crippen molar-refractivity contribution in [2.45, 2.75) is 38.9 Å². The van der Waals surface area contributed by atoms with E-state index in [1.165, 1.54) is 12.1 Å². The van der Waals surface area contributed by atoms with Crippen molar-refractivity contribution in [3.8, 4) is 5.75 Å². The quantitative estimate of drug-likeness (QED) is 0.497. The summed E-state index contributed by atoms with van der Waals surface area (Å²) in [5, 5.41) is 2.98. The number of hydrogen-bond acceptors (Lipinski definition) is 3. The molecule has 2 amide bonds. The predicted octanol–water partition coefficient (Wildman–Crippen LogP) is 4.50. The number of halogens is 1. The van der Waals surface area contributed by atoms with E-state index >= 15 is 0 Å². The Hall–Kier alpha value is -3.67. The number of methoxy groups -OCH3 is 1. The number of nitrogens with zero attached hydrogens (tertiary/aromatic N) is 1. The maximum Gasteiger partial charge on any atom is 0.243 e. The smallest absolute Gasteiger partial charge is 0.243 e. The first kappa shape index (κ1) is 24.0. The molecule has 33 heavy (non-hydrogen) atoms. The molecule has 172 valence electrons. The second kappa shape index (κ2) is 11.8. The molecule has 0 saturated carbocycles. The Kier molecular flexibility index (Phi) is 8.58. The van der Waals surface area contributed by atoms with Gasteiger partial charge in [0.2, 0.25) is 11.8 Å². The monoisotopic (exact) mass is 448 g/mol.